The minimum absolute atomic E-state index is 0.0848. The summed E-state index contributed by atoms with van der Waals surface area (Å²) in [6.07, 6.45) is 11.8. The van der Waals surface area contributed by atoms with Gasteiger partial charge in [0.05, 0.1) is 36.6 Å². The monoisotopic (exact) mass is 1060 g/mol. The van der Waals surface area contributed by atoms with E-state index < -0.39 is 57.5 Å². The Labute approximate surface area is 429 Å². The largest absolute Gasteiger partial charge is 0.480 e. The van der Waals surface area contributed by atoms with Crippen molar-refractivity contribution in [1.29, 1.82) is 0 Å². The third kappa shape index (κ3) is 15.4. The summed E-state index contributed by atoms with van der Waals surface area (Å²) in [7, 11) is -1.02. The van der Waals surface area contributed by atoms with Gasteiger partial charge in [-0.2, -0.15) is 11.8 Å². The molecule has 0 saturated heterocycles. The van der Waals surface area contributed by atoms with E-state index in [0.29, 0.717) is 42.0 Å². The molecule has 69 heavy (non-hydrogen) atoms. The number of carbonyl (C=O) groups is 6. The highest BCUT2D eigenvalue weighted by molar-refractivity contribution is 7.98. The SMILES string of the molecule is CS(=O)CCC1(C(=O)NC(Cc2ccc(NC(=O)c3c(Cl)cccc3Cl)cc2)C(=O)O)CCCC1.CSCCC1(C(=O)NC(Cc2ccc(NC(=O)c3c(Cl)cccc3Cl)cc2)C(=O)O)CCCC1. The number of hydrogen-bond acceptors (Lipinski definition) is 8. The number of nitrogens with one attached hydrogen (secondary N) is 4. The molecule has 2 saturated carbocycles. The number of carboxylic acid groups (broad SMARTS) is 2. The van der Waals surface area contributed by atoms with Crippen molar-refractivity contribution in [3.8, 4) is 0 Å². The summed E-state index contributed by atoms with van der Waals surface area (Å²) in [6.45, 7) is 0. The zero-order chi connectivity index (χ0) is 50.3. The Hall–Kier alpha value is -4.64. The number of carbonyl (C=O) groups excluding carboxylic acids is 4. The number of halogens is 4. The van der Waals surface area contributed by atoms with Gasteiger partial charge in [-0.1, -0.05) is 108 Å². The highest BCUT2D eigenvalue weighted by atomic mass is 35.5. The van der Waals surface area contributed by atoms with Gasteiger partial charge in [0, 0.05) is 52.4 Å². The van der Waals surface area contributed by atoms with E-state index in [4.69, 9.17) is 46.4 Å². The summed E-state index contributed by atoms with van der Waals surface area (Å²) in [4.78, 5) is 75.1. The van der Waals surface area contributed by atoms with Crippen LogP contribution in [0.5, 0.6) is 0 Å². The van der Waals surface area contributed by atoms with Crippen molar-refractivity contribution in [2.75, 3.05) is 34.7 Å². The second kappa shape index (κ2) is 26.0. The molecule has 3 atom stereocenters. The molecule has 2 fully saturated rings. The van der Waals surface area contributed by atoms with Crippen LogP contribution >= 0.6 is 58.2 Å². The Morgan fingerprint density at radius 1 is 0.594 bits per heavy atom. The van der Waals surface area contributed by atoms with Gasteiger partial charge in [0.15, 0.2) is 0 Å². The molecule has 2 aliphatic carbocycles. The van der Waals surface area contributed by atoms with Gasteiger partial charge in [0.1, 0.15) is 12.1 Å². The Kier molecular flexibility index (Phi) is 20.8. The van der Waals surface area contributed by atoms with E-state index in [1.54, 1.807) is 103 Å². The summed E-state index contributed by atoms with van der Waals surface area (Å²) in [5.41, 5.74) is 1.64. The Morgan fingerprint density at radius 3 is 1.26 bits per heavy atom. The molecule has 3 unspecified atom stereocenters. The molecule has 13 nitrogen and oxygen atoms in total. The topological polar surface area (TPSA) is 208 Å². The molecule has 4 aromatic rings. The van der Waals surface area contributed by atoms with Gasteiger partial charge >= 0.3 is 11.9 Å². The highest BCUT2D eigenvalue weighted by Crippen LogP contribution is 2.43. The summed E-state index contributed by atoms with van der Waals surface area (Å²) < 4.78 is 11.6. The summed E-state index contributed by atoms with van der Waals surface area (Å²) in [6, 6.07) is 21.0. The first kappa shape index (κ1) is 55.3. The maximum atomic E-state index is 13.1. The molecular formula is C50H56Cl4N4O9S2. The third-order valence-corrected chi connectivity index (χ3v) is 15.3. The lowest BCUT2D eigenvalue weighted by molar-refractivity contribution is -0.144. The van der Waals surface area contributed by atoms with E-state index >= 15 is 0 Å². The average Bonchev–Trinajstić information content (AvgIpc) is 4.00. The normalized spacial score (nSPS) is 15.9. The fourth-order valence-corrected chi connectivity index (χ4v) is 11.1. The minimum Gasteiger partial charge on any atom is -0.480 e. The van der Waals surface area contributed by atoms with Crippen LogP contribution in [0.2, 0.25) is 20.1 Å². The molecule has 0 aromatic heterocycles. The number of hydrogen-bond donors (Lipinski definition) is 6. The molecule has 370 valence electrons. The van der Waals surface area contributed by atoms with Crippen LogP contribution < -0.4 is 21.3 Å². The van der Waals surface area contributed by atoms with Crippen molar-refractivity contribution < 1.29 is 43.2 Å². The maximum Gasteiger partial charge on any atom is 0.326 e. The van der Waals surface area contributed by atoms with Crippen LogP contribution in [0, 0.1) is 10.8 Å². The Morgan fingerprint density at radius 2 is 0.942 bits per heavy atom. The minimum atomic E-state index is -1.13. The number of rotatable bonds is 20. The van der Waals surface area contributed by atoms with E-state index in [9.17, 15) is 43.2 Å². The van der Waals surface area contributed by atoms with Crippen LogP contribution in [0.4, 0.5) is 11.4 Å². The van der Waals surface area contributed by atoms with Crippen LogP contribution in [0.3, 0.4) is 0 Å². The maximum absolute atomic E-state index is 13.1. The molecule has 4 amide bonds. The average molecular weight is 1060 g/mol. The van der Waals surface area contributed by atoms with Gasteiger partial charge in [0.25, 0.3) is 11.8 Å². The lowest BCUT2D eigenvalue weighted by Gasteiger charge is -2.29. The van der Waals surface area contributed by atoms with Gasteiger partial charge < -0.3 is 31.5 Å². The predicted molar refractivity (Wildman–Crippen MR) is 277 cm³/mol. The number of amides is 4. The first-order valence-electron chi connectivity index (χ1n) is 22.4. The Bertz CT molecular complexity index is 2460. The molecule has 2 aliphatic rings. The summed E-state index contributed by atoms with van der Waals surface area (Å²) >= 11 is 26.1. The molecule has 0 heterocycles. The first-order chi connectivity index (χ1) is 32.9. The highest BCUT2D eigenvalue weighted by Gasteiger charge is 2.43. The summed E-state index contributed by atoms with van der Waals surface area (Å²) in [5.74, 6) is -2.26. The molecule has 0 spiro atoms. The zero-order valence-electron chi connectivity index (χ0n) is 38.2. The number of thioether (sulfide) groups is 1. The van der Waals surface area contributed by atoms with Gasteiger partial charge in [-0.05, 0) is 110 Å². The molecular weight excluding hydrogens is 1010 g/mol. The van der Waals surface area contributed by atoms with Crippen molar-refractivity contribution in [1.82, 2.24) is 10.6 Å². The van der Waals surface area contributed by atoms with Crippen LogP contribution in [-0.2, 0) is 42.8 Å². The summed E-state index contributed by atoms with van der Waals surface area (Å²) in [5, 5.41) is 31.4. The van der Waals surface area contributed by atoms with Crippen LogP contribution in [0.25, 0.3) is 0 Å². The van der Waals surface area contributed by atoms with E-state index in [1.807, 2.05) is 6.26 Å². The quantitative estimate of drug-likeness (QED) is 0.0494. The molecule has 0 radical (unpaired) electrons. The van der Waals surface area contributed by atoms with E-state index in [2.05, 4.69) is 21.3 Å². The predicted octanol–water partition coefficient (Wildman–Crippen LogP) is 10.4. The lowest BCUT2D eigenvalue weighted by Crippen LogP contribution is -2.49. The van der Waals surface area contributed by atoms with Crippen LogP contribution in [-0.4, -0.2) is 86.1 Å². The number of carboxylic acids is 2. The standard InChI is InChI=1S/C25H28Cl2N2O5S.C25H28Cl2N2O4S/c1-35(34)14-13-25(11-2-3-12-25)24(33)29-20(23(31)32)15-16-7-9-17(10-8-16)28-22(30)21-18(26)5-4-6-19(21)27;1-34-14-13-25(11-2-3-12-25)24(33)29-20(23(31)32)15-16-7-9-17(10-8-16)28-22(30)21-18(26)5-4-6-19(21)27/h4-10,20H,2-3,11-15H2,1H3,(H,28,30)(H,29,33)(H,31,32);4-10,20H,2-3,11-15H2,1H3,(H,28,30)(H,29,33)(H,31,32). The van der Waals surface area contributed by atoms with Crippen molar-refractivity contribution in [2.24, 2.45) is 10.8 Å². The molecule has 4 aromatic carbocycles. The van der Waals surface area contributed by atoms with Crippen LogP contribution in [0.1, 0.15) is 96.1 Å². The number of anilines is 2. The fraction of sp³-hybridized carbons (Fsp3) is 0.400. The molecule has 6 N–H and O–H groups in total. The molecule has 19 heteroatoms. The van der Waals surface area contributed by atoms with Crippen molar-refractivity contribution in [2.45, 2.75) is 89.1 Å². The van der Waals surface area contributed by atoms with Crippen molar-refractivity contribution >= 4 is 116 Å². The Balaban J connectivity index is 0.000000258. The van der Waals surface area contributed by atoms with E-state index in [0.717, 1.165) is 56.3 Å². The van der Waals surface area contributed by atoms with Crippen molar-refractivity contribution in [3.05, 3.63) is 127 Å². The lowest BCUT2D eigenvalue weighted by atomic mass is 9.82. The van der Waals surface area contributed by atoms with E-state index in [1.165, 1.54) is 0 Å². The fourth-order valence-electron chi connectivity index (χ4n) is 8.68. The molecule has 0 aliphatic heterocycles. The van der Waals surface area contributed by atoms with Gasteiger partial charge in [-0.25, -0.2) is 9.59 Å². The second-order valence-electron chi connectivity index (χ2n) is 17.4. The van der Waals surface area contributed by atoms with Gasteiger partial charge in [-0.15, -0.1) is 0 Å². The number of aliphatic carboxylic acids is 2. The molecule has 0 bridgehead atoms. The zero-order valence-corrected chi connectivity index (χ0v) is 42.9. The van der Waals surface area contributed by atoms with Crippen LogP contribution in [0.15, 0.2) is 84.9 Å². The third-order valence-electron chi connectivity index (χ3n) is 12.6. The van der Waals surface area contributed by atoms with Gasteiger partial charge in [-0.3, -0.25) is 23.4 Å². The first-order valence-corrected chi connectivity index (χ1v) is 27.1. The van der Waals surface area contributed by atoms with Crippen molar-refractivity contribution in [3.63, 3.8) is 0 Å². The second-order valence-corrected chi connectivity index (χ2v) is 21.5. The molecule has 6 rings (SSSR count). The van der Waals surface area contributed by atoms with E-state index in [-0.39, 0.29) is 55.9 Å². The van der Waals surface area contributed by atoms with Gasteiger partial charge in [0.2, 0.25) is 11.8 Å². The smallest absolute Gasteiger partial charge is 0.326 e. The number of benzene rings is 4.